The molecule has 0 bridgehead atoms. The third kappa shape index (κ3) is 3.97. The Morgan fingerprint density at radius 1 is 1.29 bits per heavy atom. The maximum absolute atomic E-state index is 5.57. The molecular weight excluding hydrogens is 172 g/mol. The van der Waals surface area contributed by atoms with Crippen molar-refractivity contribution in [3.05, 3.63) is 0 Å². The quantitative estimate of drug-likeness (QED) is 0.648. The predicted molar refractivity (Wildman–Crippen MR) is 62.3 cm³/mol. The fourth-order valence-electron chi connectivity index (χ4n) is 2.04. The highest BCUT2D eigenvalue weighted by Crippen LogP contribution is 2.28. The van der Waals surface area contributed by atoms with E-state index in [1.54, 1.807) is 0 Å². The van der Waals surface area contributed by atoms with E-state index in [-0.39, 0.29) is 0 Å². The predicted octanol–water partition coefficient (Wildman–Crippen LogP) is 2.24. The summed E-state index contributed by atoms with van der Waals surface area (Å²) in [6, 6.07) is 0.905. The van der Waals surface area contributed by atoms with E-state index in [4.69, 9.17) is 5.73 Å². The molecule has 0 aromatic rings. The summed E-state index contributed by atoms with van der Waals surface area (Å²) in [7, 11) is 0. The van der Waals surface area contributed by atoms with E-state index in [1.165, 1.54) is 38.8 Å². The van der Waals surface area contributed by atoms with Crippen LogP contribution in [0.4, 0.5) is 0 Å². The first kappa shape index (κ1) is 12.0. The first-order chi connectivity index (χ1) is 6.81. The van der Waals surface area contributed by atoms with Crippen molar-refractivity contribution in [2.24, 2.45) is 11.7 Å². The molecule has 1 rings (SSSR count). The summed E-state index contributed by atoms with van der Waals surface area (Å²) in [5.74, 6) is 0.897. The first-order valence-electron chi connectivity index (χ1n) is 6.25. The van der Waals surface area contributed by atoms with Gasteiger partial charge in [-0.05, 0) is 38.3 Å². The Morgan fingerprint density at radius 2 is 1.93 bits per heavy atom. The molecule has 0 spiro atoms. The number of rotatable bonds is 8. The SMILES string of the molecule is CCC(CC)CN(CCCN)C1CC1. The van der Waals surface area contributed by atoms with Crippen LogP contribution in [0.15, 0.2) is 0 Å². The van der Waals surface area contributed by atoms with E-state index in [0.29, 0.717) is 0 Å². The molecule has 0 aliphatic heterocycles. The van der Waals surface area contributed by atoms with Crippen LogP contribution in [0.1, 0.15) is 46.0 Å². The van der Waals surface area contributed by atoms with Gasteiger partial charge in [0.05, 0.1) is 0 Å². The molecule has 0 aromatic heterocycles. The molecule has 1 aliphatic rings. The summed E-state index contributed by atoms with van der Waals surface area (Å²) < 4.78 is 0. The normalized spacial score (nSPS) is 16.9. The molecule has 1 fully saturated rings. The highest BCUT2D eigenvalue weighted by Gasteiger charge is 2.29. The topological polar surface area (TPSA) is 29.3 Å². The zero-order valence-electron chi connectivity index (χ0n) is 9.84. The van der Waals surface area contributed by atoms with E-state index < -0.39 is 0 Å². The van der Waals surface area contributed by atoms with Crippen molar-refractivity contribution >= 4 is 0 Å². The summed E-state index contributed by atoms with van der Waals surface area (Å²) in [6.45, 7) is 7.98. The molecule has 0 atom stereocenters. The molecule has 0 saturated heterocycles. The largest absolute Gasteiger partial charge is 0.330 e. The smallest absolute Gasteiger partial charge is 0.00965 e. The van der Waals surface area contributed by atoms with Gasteiger partial charge in [0.2, 0.25) is 0 Å². The summed E-state index contributed by atoms with van der Waals surface area (Å²) in [6.07, 6.45) is 6.65. The second-order valence-corrected chi connectivity index (χ2v) is 4.55. The van der Waals surface area contributed by atoms with Crippen molar-refractivity contribution in [3.8, 4) is 0 Å². The Morgan fingerprint density at radius 3 is 2.36 bits per heavy atom. The Labute approximate surface area is 88.8 Å². The maximum Gasteiger partial charge on any atom is 0.00965 e. The maximum atomic E-state index is 5.57. The Balaban J connectivity index is 2.26. The fraction of sp³-hybridized carbons (Fsp3) is 1.00. The third-order valence-corrected chi connectivity index (χ3v) is 3.36. The monoisotopic (exact) mass is 198 g/mol. The standard InChI is InChI=1S/C12H26N2/c1-3-11(4-2)10-14(9-5-8-13)12-6-7-12/h11-12H,3-10,13H2,1-2H3. The van der Waals surface area contributed by atoms with Crippen molar-refractivity contribution < 1.29 is 0 Å². The molecule has 0 aromatic carbocycles. The van der Waals surface area contributed by atoms with Crippen molar-refractivity contribution in [1.29, 1.82) is 0 Å². The van der Waals surface area contributed by atoms with E-state index in [2.05, 4.69) is 18.7 Å². The van der Waals surface area contributed by atoms with Crippen LogP contribution in [0, 0.1) is 5.92 Å². The second kappa shape index (κ2) is 6.41. The molecule has 0 heterocycles. The third-order valence-electron chi connectivity index (χ3n) is 3.36. The van der Waals surface area contributed by atoms with E-state index in [0.717, 1.165) is 24.9 Å². The Kier molecular flexibility index (Phi) is 5.49. The van der Waals surface area contributed by atoms with Crippen molar-refractivity contribution in [3.63, 3.8) is 0 Å². The van der Waals surface area contributed by atoms with Gasteiger partial charge in [-0.3, -0.25) is 0 Å². The summed E-state index contributed by atoms with van der Waals surface area (Å²) in [5.41, 5.74) is 5.57. The van der Waals surface area contributed by atoms with Gasteiger partial charge < -0.3 is 10.6 Å². The molecule has 14 heavy (non-hydrogen) atoms. The molecule has 0 unspecified atom stereocenters. The van der Waals surface area contributed by atoms with Gasteiger partial charge in [-0.2, -0.15) is 0 Å². The zero-order valence-corrected chi connectivity index (χ0v) is 9.84. The fourth-order valence-corrected chi connectivity index (χ4v) is 2.04. The number of nitrogens with zero attached hydrogens (tertiary/aromatic N) is 1. The number of hydrogen-bond donors (Lipinski definition) is 1. The minimum Gasteiger partial charge on any atom is -0.330 e. The van der Waals surface area contributed by atoms with Crippen molar-refractivity contribution in [2.75, 3.05) is 19.6 Å². The average Bonchev–Trinajstić information content (AvgIpc) is 3.02. The second-order valence-electron chi connectivity index (χ2n) is 4.55. The van der Waals surface area contributed by atoms with Gasteiger partial charge in [-0.25, -0.2) is 0 Å². The van der Waals surface area contributed by atoms with Gasteiger partial charge in [0.25, 0.3) is 0 Å². The Bertz CT molecular complexity index is 139. The molecule has 84 valence electrons. The molecular formula is C12H26N2. The first-order valence-corrected chi connectivity index (χ1v) is 6.25. The highest BCUT2D eigenvalue weighted by atomic mass is 15.2. The van der Waals surface area contributed by atoms with Crippen LogP contribution in [-0.4, -0.2) is 30.6 Å². The van der Waals surface area contributed by atoms with Crippen LogP contribution in [0.25, 0.3) is 0 Å². The number of hydrogen-bond acceptors (Lipinski definition) is 2. The lowest BCUT2D eigenvalue weighted by atomic mass is 10.0. The summed E-state index contributed by atoms with van der Waals surface area (Å²) in [5, 5.41) is 0. The minimum atomic E-state index is 0.839. The van der Waals surface area contributed by atoms with Crippen LogP contribution in [0.5, 0.6) is 0 Å². The average molecular weight is 198 g/mol. The lowest BCUT2D eigenvalue weighted by Crippen LogP contribution is -2.33. The summed E-state index contributed by atoms with van der Waals surface area (Å²) in [4.78, 5) is 2.67. The molecule has 1 saturated carbocycles. The van der Waals surface area contributed by atoms with Crippen LogP contribution >= 0.6 is 0 Å². The van der Waals surface area contributed by atoms with Gasteiger partial charge in [-0.15, -0.1) is 0 Å². The summed E-state index contributed by atoms with van der Waals surface area (Å²) >= 11 is 0. The molecule has 0 amide bonds. The zero-order chi connectivity index (χ0) is 10.4. The van der Waals surface area contributed by atoms with E-state index in [9.17, 15) is 0 Å². The van der Waals surface area contributed by atoms with Gasteiger partial charge in [-0.1, -0.05) is 26.7 Å². The van der Waals surface area contributed by atoms with Crippen LogP contribution in [0.2, 0.25) is 0 Å². The van der Waals surface area contributed by atoms with Gasteiger partial charge in [0, 0.05) is 12.6 Å². The lowest BCUT2D eigenvalue weighted by Gasteiger charge is -2.26. The van der Waals surface area contributed by atoms with Crippen LogP contribution in [-0.2, 0) is 0 Å². The molecule has 2 nitrogen and oxygen atoms in total. The van der Waals surface area contributed by atoms with Crippen molar-refractivity contribution in [2.45, 2.75) is 52.0 Å². The molecule has 0 radical (unpaired) electrons. The highest BCUT2D eigenvalue weighted by molar-refractivity contribution is 4.85. The molecule has 1 aliphatic carbocycles. The molecule has 2 heteroatoms. The van der Waals surface area contributed by atoms with Crippen LogP contribution in [0.3, 0.4) is 0 Å². The van der Waals surface area contributed by atoms with Crippen LogP contribution < -0.4 is 5.73 Å². The van der Waals surface area contributed by atoms with Gasteiger partial charge >= 0.3 is 0 Å². The number of nitrogens with two attached hydrogens (primary N) is 1. The van der Waals surface area contributed by atoms with Gasteiger partial charge in [0.1, 0.15) is 0 Å². The minimum absolute atomic E-state index is 0.839. The van der Waals surface area contributed by atoms with Gasteiger partial charge in [0.15, 0.2) is 0 Å². The lowest BCUT2D eigenvalue weighted by molar-refractivity contribution is 0.213. The Hall–Kier alpha value is -0.0800. The van der Waals surface area contributed by atoms with E-state index >= 15 is 0 Å². The molecule has 2 N–H and O–H groups in total. The van der Waals surface area contributed by atoms with Crippen molar-refractivity contribution in [1.82, 2.24) is 4.90 Å². The van der Waals surface area contributed by atoms with E-state index in [1.807, 2.05) is 0 Å².